The molecule has 0 aliphatic carbocycles. The quantitative estimate of drug-likeness (QED) is 0.646. The zero-order chi connectivity index (χ0) is 11.1. The van der Waals surface area contributed by atoms with Gasteiger partial charge in [-0.3, -0.25) is 4.79 Å². The van der Waals surface area contributed by atoms with Gasteiger partial charge in [-0.2, -0.15) is 0 Å². The molecule has 0 aromatic carbocycles. The van der Waals surface area contributed by atoms with Crippen LogP contribution in [-0.2, 0) is 4.79 Å². The van der Waals surface area contributed by atoms with Gasteiger partial charge in [0, 0.05) is 20.0 Å². The first kappa shape index (κ1) is 13.4. The largest absolute Gasteiger partial charge is 0.393 e. The van der Waals surface area contributed by atoms with Crippen LogP contribution in [0.15, 0.2) is 0 Å². The van der Waals surface area contributed by atoms with Crippen molar-refractivity contribution in [2.75, 3.05) is 20.1 Å². The Kier molecular flexibility index (Phi) is 6.49. The van der Waals surface area contributed by atoms with Crippen LogP contribution in [-0.4, -0.2) is 42.2 Å². The van der Waals surface area contributed by atoms with Crippen LogP contribution in [0.4, 0.5) is 0 Å². The SMILES string of the molecule is CC(O)CCN(C)C(=O)CC(C)CN. The van der Waals surface area contributed by atoms with Gasteiger partial charge in [0.2, 0.25) is 5.91 Å². The molecule has 0 radical (unpaired) electrons. The third kappa shape index (κ3) is 5.94. The predicted molar refractivity (Wildman–Crippen MR) is 56.8 cm³/mol. The van der Waals surface area contributed by atoms with E-state index in [1.165, 1.54) is 0 Å². The number of aliphatic hydroxyl groups is 1. The lowest BCUT2D eigenvalue weighted by Crippen LogP contribution is -2.31. The summed E-state index contributed by atoms with van der Waals surface area (Å²) in [5, 5.41) is 9.05. The Labute approximate surface area is 86.1 Å². The van der Waals surface area contributed by atoms with Gasteiger partial charge in [0.15, 0.2) is 0 Å². The fourth-order valence-corrected chi connectivity index (χ4v) is 1.04. The molecule has 0 saturated carbocycles. The third-order valence-corrected chi connectivity index (χ3v) is 2.23. The van der Waals surface area contributed by atoms with E-state index >= 15 is 0 Å². The van der Waals surface area contributed by atoms with E-state index < -0.39 is 0 Å². The first-order valence-electron chi connectivity index (χ1n) is 5.09. The molecule has 0 heterocycles. The molecule has 0 rings (SSSR count). The molecular weight excluding hydrogens is 180 g/mol. The van der Waals surface area contributed by atoms with Crippen molar-refractivity contribution in [3.8, 4) is 0 Å². The summed E-state index contributed by atoms with van der Waals surface area (Å²) in [6.07, 6.45) is 0.767. The molecule has 4 nitrogen and oxygen atoms in total. The number of amides is 1. The summed E-state index contributed by atoms with van der Waals surface area (Å²) in [7, 11) is 1.76. The summed E-state index contributed by atoms with van der Waals surface area (Å²) in [5.74, 6) is 0.333. The summed E-state index contributed by atoms with van der Waals surface area (Å²) in [5.41, 5.74) is 5.43. The van der Waals surface area contributed by atoms with Gasteiger partial charge in [-0.05, 0) is 25.8 Å². The zero-order valence-electron chi connectivity index (χ0n) is 9.36. The normalized spacial score (nSPS) is 14.9. The minimum absolute atomic E-state index is 0.101. The fraction of sp³-hybridized carbons (Fsp3) is 0.900. The Morgan fingerprint density at radius 1 is 1.50 bits per heavy atom. The monoisotopic (exact) mass is 202 g/mol. The van der Waals surface area contributed by atoms with Gasteiger partial charge < -0.3 is 15.7 Å². The molecule has 2 atom stereocenters. The highest BCUT2D eigenvalue weighted by atomic mass is 16.3. The van der Waals surface area contributed by atoms with Crippen molar-refractivity contribution in [3.63, 3.8) is 0 Å². The third-order valence-electron chi connectivity index (χ3n) is 2.23. The van der Waals surface area contributed by atoms with Crippen molar-refractivity contribution in [2.24, 2.45) is 11.7 Å². The van der Waals surface area contributed by atoms with E-state index in [9.17, 15) is 4.79 Å². The Bertz CT molecular complexity index is 172. The van der Waals surface area contributed by atoms with Crippen molar-refractivity contribution in [2.45, 2.75) is 32.8 Å². The Balaban J connectivity index is 3.76. The number of rotatable bonds is 6. The molecule has 14 heavy (non-hydrogen) atoms. The minimum atomic E-state index is -0.350. The van der Waals surface area contributed by atoms with Gasteiger partial charge in [0.1, 0.15) is 0 Å². The van der Waals surface area contributed by atoms with Crippen LogP contribution in [0.3, 0.4) is 0 Å². The van der Waals surface area contributed by atoms with Crippen molar-refractivity contribution in [1.29, 1.82) is 0 Å². The molecule has 2 unspecified atom stereocenters. The average molecular weight is 202 g/mol. The number of hydrogen-bond acceptors (Lipinski definition) is 3. The molecule has 0 aliphatic rings. The molecule has 0 fully saturated rings. The molecule has 1 amide bonds. The van der Waals surface area contributed by atoms with Crippen molar-refractivity contribution in [3.05, 3.63) is 0 Å². The molecule has 4 heteroatoms. The maximum Gasteiger partial charge on any atom is 0.222 e. The molecule has 3 N–H and O–H groups in total. The molecule has 0 aliphatic heterocycles. The van der Waals surface area contributed by atoms with Crippen LogP contribution >= 0.6 is 0 Å². The lowest BCUT2D eigenvalue weighted by molar-refractivity contribution is -0.130. The Morgan fingerprint density at radius 3 is 2.50 bits per heavy atom. The smallest absolute Gasteiger partial charge is 0.222 e. The lowest BCUT2D eigenvalue weighted by Gasteiger charge is -2.19. The van der Waals surface area contributed by atoms with Gasteiger partial charge in [0.05, 0.1) is 6.10 Å². The zero-order valence-corrected chi connectivity index (χ0v) is 9.36. The maximum atomic E-state index is 11.5. The van der Waals surface area contributed by atoms with E-state index in [1.807, 2.05) is 6.92 Å². The molecule has 84 valence electrons. The number of carbonyl (C=O) groups excluding carboxylic acids is 1. The van der Waals surface area contributed by atoms with Crippen LogP contribution in [0, 0.1) is 5.92 Å². The predicted octanol–water partition coefficient (Wildman–Crippen LogP) is 0.201. The number of nitrogens with zero attached hydrogens (tertiary/aromatic N) is 1. The second kappa shape index (κ2) is 6.79. The Hall–Kier alpha value is -0.610. The van der Waals surface area contributed by atoms with Gasteiger partial charge in [0.25, 0.3) is 0 Å². The highest BCUT2D eigenvalue weighted by molar-refractivity contribution is 5.76. The first-order chi connectivity index (χ1) is 6.47. The standard InChI is InChI=1S/C10H22N2O2/c1-8(7-11)6-10(14)12(3)5-4-9(2)13/h8-9,13H,4-7,11H2,1-3H3. The van der Waals surface area contributed by atoms with Crippen LogP contribution in [0.5, 0.6) is 0 Å². The summed E-state index contributed by atoms with van der Waals surface area (Å²) in [6.45, 7) is 4.82. The van der Waals surface area contributed by atoms with E-state index in [4.69, 9.17) is 10.8 Å². The van der Waals surface area contributed by atoms with Crippen LogP contribution in [0.25, 0.3) is 0 Å². The molecule has 0 bridgehead atoms. The van der Waals surface area contributed by atoms with Crippen LogP contribution in [0.1, 0.15) is 26.7 Å². The van der Waals surface area contributed by atoms with Crippen molar-refractivity contribution < 1.29 is 9.90 Å². The van der Waals surface area contributed by atoms with E-state index in [2.05, 4.69) is 0 Å². The van der Waals surface area contributed by atoms with E-state index in [0.29, 0.717) is 25.9 Å². The van der Waals surface area contributed by atoms with Crippen LogP contribution < -0.4 is 5.73 Å². The van der Waals surface area contributed by atoms with Gasteiger partial charge in [-0.25, -0.2) is 0 Å². The topological polar surface area (TPSA) is 66.6 Å². The molecule has 0 aromatic rings. The van der Waals surface area contributed by atoms with Crippen molar-refractivity contribution >= 4 is 5.91 Å². The second-order valence-corrected chi connectivity index (χ2v) is 4.00. The van der Waals surface area contributed by atoms with Crippen LogP contribution in [0.2, 0.25) is 0 Å². The number of hydrogen-bond donors (Lipinski definition) is 2. The summed E-state index contributed by atoms with van der Waals surface area (Å²) >= 11 is 0. The van der Waals surface area contributed by atoms with Gasteiger partial charge >= 0.3 is 0 Å². The number of nitrogens with two attached hydrogens (primary N) is 1. The molecule has 0 spiro atoms. The first-order valence-corrected chi connectivity index (χ1v) is 5.09. The summed E-state index contributed by atoms with van der Waals surface area (Å²) in [4.78, 5) is 13.2. The lowest BCUT2D eigenvalue weighted by atomic mass is 10.1. The second-order valence-electron chi connectivity index (χ2n) is 4.00. The maximum absolute atomic E-state index is 11.5. The Morgan fingerprint density at radius 2 is 2.07 bits per heavy atom. The molecular formula is C10H22N2O2. The minimum Gasteiger partial charge on any atom is -0.393 e. The van der Waals surface area contributed by atoms with E-state index in [1.54, 1.807) is 18.9 Å². The van der Waals surface area contributed by atoms with Gasteiger partial charge in [-0.1, -0.05) is 6.92 Å². The molecule has 0 saturated heterocycles. The van der Waals surface area contributed by atoms with E-state index in [-0.39, 0.29) is 17.9 Å². The molecule has 0 aromatic heterocycles. The summed E-state index contributed by atoms with van der Waals surface area (Å²) in [6, 6.07) is 0. The highest BCUT2D eigenvalue weighted by Gasteiger charge is 2.12. The fourth-order valence-electron chi connectivity index (χ4n) is 1.04. The summed E-state index contributed by atoms with van der Waals surface area (Å²) < 4.78 is 0. The number of aliphatic hydroxyl groups excluding tert-OH is 1. The number of carbonyl (C=O) groups is 1. The average Bonchev–Trinajstić information content (AvgIpc) is 2.13. The van der Waals surface area contributed by atoms with E-state index in [0.717, 1.165) is 0 Å². The van der Waals surface area contributed by atoms with Gasteiger partial charge in [-0.15, -0.1) is 0 Å². The highest BCUT2D eigenvalue weighted by Crippen LogP contribution is 2.03. The van der Waals surface area contributed by atoms with Crippen molar-refractivity contribution in [1.82, 2.24) is 4.90 Å².